The average Bonchev–Trinajstić information content (AvgIpc) is 3.35. The standard InChI is InChI=1S/C30H35N3O3S/c1-2-18-35-26(34)19-30-16-14-29(15-17-30,20-36-30)24-10-6-21(7-11-24)22-8-12-25(13-9-22)31-28-33-32-27(37-28)23-4-3-5-23/h6-13,23H,2-5,14-20H2,1H3,(H,31,33). The molecule has 1 N–H and O–H groups in total. The van der Waals surface area contributed by atoms with Crippen molar-refractivity contribution >= 4 is 28.1 Å². The quantitative estimate of drug-likeness (QED) is 0.304. The lowest BCUT2D eigenvalue weighted by Crippen LogP contribution is -2.54. The number of ether oxygens (including phenoxy) is 2. The fourth-order valence-corrected chi connectivity index (χ4v) is 6.82. The molecular weight excluding hydrogens is 482 g/mol. The second-order valence-electron chi connectivity index (χ2n) is 11.0. The number of benzene rings is 2. The van der Waals surface area contributed by atoms with E-state index in [0.29, 0.717) is 25.6 Å². The molecule has 2 bridgehead atoms. The minimum Gasteiger partial charge on any atom is -0.466 e. The molecule has 0 atom stereocenters. The molecule has 3 aromatic rings. The van der Waals surface area contributed by atoms with Crippen LogP contribution in [-0.4, -0.2) is 35.0 Å². The maximum atomic E-state index is 12.2. The number of anilines is 2. The third kappa shape index (κ3) is 5.04. The summed E-state index contributed by atoms with van der Waals surface area (Å²) >= 11 is 1.67. The minimum atomic E-state index is -0.324. The van der Waals surface area contributed by atoms with Gasteiger partial charge in [-0.25, -0.2) is 0 Å². The molecule has 0 spiro atoms. The number of nitrogens with one attached hydrogen (secondary N) is 1. The highest BCUT2D eigenvalue weighted by Gasteiger charge is 2.51. The number of esters is 1. The Labute approximate surface area is 222 Å². The Bertz CT molecular complexity index is 1210. The van der Waals surface area contributed by atoms with E-state index in [4.69, 9.17) is 9.47 Å². The van der Waals surface area contributed by atoms with Crippen LogP contribution in [0.5, 0.6) is 0 Å². The van der Waals surface area contributed by atoms with E-state index in [-0.39, 0.29) is 17.0 Å². The van der Waals surface area contributed by atoms with Gasteiger partial charge < -0.3 is 14.8 Å². The van der Waals surface area contributed by atoms with Crippen LogP contribution in [0.3, 0.4) is 0 Å². The van der Waals surface area contributed by atoms with E-state index < -0.39 is 0 Å². The van der Waals surface area contributed by atoms with Crippen LogP contribution in [0.25, 0.3) is 11.1 Å². The second kappa shape index (κ2) is 10.2. The molecular formula is C30H35N3O3S. The first-order valence-electron chi connectivity index (χ1n) is 13.7. The predicted octanol–water partition coefficient (Wildman–Crippen LogP) is 7.14. The zero-order valence-corrected chi connectivity index (χ0v) is 22.3. The smallest absolute Gasteiger partial charge is 0.308 e. The Morgan fingerprint density at radius 1 is 1.03 bits per heavy atom. The monoisotopic (exact) mass is 517 g/mol. The van der Waals surface area contributed by atoms with Gasteiger partial charge in [0.15, 0.2) is 0 Å². The van der Waals surface area contributed by atoms with Gasteiger partial charge in [0.05, 0.1) is 25.2 Å². The maximum Gasteiger partial charge on any atom is 0.308 e. The first-order valence-corrected chi connectivity index (χ1v) is 14.5. The van der Waals surface area contributed by atoms with Crippen molar-refractivity contribution in [2.45, 2.75) is 81.6 Å². The van der Waals surface area contributed by atoms with Gasteiger partial charge in [0.25, 0.3) is 0 Å². The molecule has 194 valence electrons. The van der Waals surface area contributed by atoms with Crippen LogP contribution in [0.15, 0.2) is 48.5 Å². The predicted molar refractivity (Wildman–Crippen MR) is 146 cm³/mol. The minimum absolute atomic E-state index is 0.0570. The van der Waals surface area contributed by atoms with E-state index in [1.54, 1.807) is 11.3 Å². The summed E-state index contributed by atoms with van der Waals surface area (Å²) in [4.78, 5) is 12.2. The molecule has 2 aliphatic heterocycles. The Kier molecular flexibility index (Phi) is 6.76. The van der Waals surface area contributed by atoms with Crippen molar-refractivity contribution < 1.29 is 14.3 Å². The molecule has 1 aromatic heterocycles. The van der Waals surface area contributed by atoms with Crippen LogP contribution in [0.4, 0.5) is 10.8 Å². The topological polar surface area (TPSA) is 73.3 Å². The summed E-state index contributed by atoms with van der Waals surface area (Å²) in [6.45, 7) is 3.19. The van der Waals surface area contributed by atoms with Crippen molar-refractivity contribution in [3.8, 4) is 11.1 Å². The van der Waals surface area contributed by atoms with E-state index in [0.717, 1.165) is 47.9 Å². The van der Waals surface area contributed by atoms with E-state index in [1.807, 2.05) is 6.92 Å². The summed E-state index contributed by atoms with van der Waals surface area (Å²) in [6, 6.07) is 17.5. The van der Waals surface area contributed by atoms with Crippen molar-refractivity contribution in [2.24, 2.45) is 0 Å². The number of rotatable bonds is 9. The Hall–Kier alpha value is -2.77. The first kappa shape index (κ1) is 24.6. The van der Waals surface area contributed by atoms with Crippen molar-refractivity contribution in [3.05, 3.63) is 59.1 Å². The third-order valence-electron chi connectivity index (χ3n) is 8.57. The van der Waals surface area contributed by atoms with Crippen LogP contribution in [0, 0.1) is 0 Å². The van der Waals surface area contributed by atoms with Gasteiger partial charge in [-0.3, -0.25) is 4.79 Å². The summed E-state index contributed by atoms with van der Waals surface area (Å²) in [5, 5.41) is 14.1. The van der Waals surface area contributed by atoms with Crippen molar-refractivity contribution in [1.82, 2.24) is 10.2 Å². The molecule has 2 saturated heterocycles. The molecule has 4 aliphatic rings. The largest absolute Gasteiger partial charge is 0.466 e. The summed E-state index contributed by atoms with van der Waals surface area (Å²) in [5.41, 5.74) is 4.50. The second-order valence-corrected chi connectivity index (χ2v) is 12.0. The van der Waals surface area contributed by atoms with Gasteiger partial charge in [0.1, 0.15) is 5.01 Å². The Morgan fingerprint density at radius 3 is 2.32 bits per heavy atom. The number of nitrogens with zero attached hydrogens (tertiary/aromatic N) is 2. The molecule has 0 amide bonds. The highest BCUT2D eigenvalue weighted by molar-refractivity contribution is 7.15. The SMILES string of the molecule is CCCOC(=O)CC12CCC(c3ccc(-c4ccc(Nc5nnc(C6CCC6)s5)cc4)cc3)(CC1)CO2. The van der Waals surface area contributed by atoms with Gasteiger partial charge in [-0.15, -0.1) is 10.2 Å². The molecule has 7 rings (SSSR count). The lowest BCUT2D eigenvalue weighted by molar-refractivity contribution is -0.178. The molecule has 0 unspecified atom stereocenters. The maximum absolute atomic E-state index is 12.2. The number of hydrogen-bond acceptors (Lipinski definition) is 7. The summed E-state index contributed by atoms with van der Waals surface area (Å²) < 4.78 is 11.7. The van der Waals surface area contributed by atoms with Gasteiger partial charge in [-0.2, -0.15) is 0 Å². The van der Waals surface area contributed by atoms with Crippen LogP contribution in [0.2, 0.25) is 0 Å². The lowest BCUT2D eigenvalue weighted by Gasteiger charge is -2.53. The van der Waals surface area contributed by atoms with Crippen molar-refractivity contribution in [2.75, 3.05) is 18.5 Å². The van der Waals surface area contributed by atoms with Gasteiger partial charge in [-0.05, 0) is 73.8 Å². The molecule has 7 heteroatoms. The van der Waals surface area contributed by atoms with E-state index in [1.165, 1.54) is 36.0 Å². The van der Waals surface area contributed by atoms with Gasteiger partial charge in [-0.1, -0.05) is 61.1 Å². The van der Waals surface area contributed by atoms with Crippen molar-refractivity contribution in [3.63, 3.8) is 0 Å². The summed E-state index contributed by atoms with van der Waals surface area (Å²) in [7, 11) is 0. The summed E-state index contributed by atoms with van der Waals surface area (Å²) in [6.07, 6.45) is 8.98. The lowest BCUT2D eigenvalue weighted by atomic mass is 9.62. The Morgan fingerprint density at radius 2 is 1.73 bits per heavy atom. The molecule has 6 nitrogen and oxygen atoms in total. The van der Waals surface area contributed by atoms with Crippen LogP contribution in [0.1, 0.15) is 81.2 Å². The number of fused-ring (bicyclic) bond motifs is 3. The van der Waals surface area contributed by atoms with E-state index in [2.05, 4.69) is 64.0 Å². The molecule has 2 aliphatic carbocycles. The molecule has 2 aromatic carbocycles. The van der Waals surface area contributed by atoms with Gasteiger partial charge in [0.2, 0.25) is 5.13 Å². The molecule has 2 saturated carbocycles. The normalized spacial score (nSPS) is 25.0. The fourth-order valence-electron chi connectivity index (χ4n) is 5.88. The third-order valence-corrected chi connectivity index (χ3v) is 9.57. The zero-order valence-electron chi connectivity index (χ0n) is 21.5. The van der Waals surface area contributed by atoms with E-state index >= 15 is 0 Å². The zero-order chi connectivity index (χ0) is 25.3. The first-order chi connectivity index (χ1) is 18.1. The Balaban J connectivity index is 1.07. The number of hydrogen-bond donors (Lipinski definition) is 1. The molecule has 37 heavy (non-hydrogen) atoms. The highest BCUT2D eigenvalue weighted by Crippen LogP contribution is 2.51. The number of carbonyl (C=O) groups excluding carboxylic acids is 1. The fraction of sp³-hybridized carbons (Fsp3) is 0.500. The summed E-state index contributed by atoms with van der Waals surface area (Å²) in [5.74, 6) is 0.493. The van der Waals surface area contributed by atoms with Crippen molar-refractivity contribution in [1.29, 1.82) is 0 Å². The molecule has 4 fully saturated rings. The van der Waals surface area contributed by atoms with Crippen LogP contribution in [-0.2, 0) is 19.7 Å². The molecule has 0 radical (unpaired) electrons. The average molecular weight is 518 g/mol. The van der Waals surface area contributed by atoms with Crippen LogP contribution >= 0.6 is 11.3 Å². The molecule has 3 heterocycles. The highest BCUT2D eigenvalue weighted by atomic mass is 32.1. The number of carbonyl (C=O) groups is 1. The van der Waals surface area contributed by atoms with Gasteiger partial charge >= 0.3 is 5.97 Å². The number of aromatic nitrogens is 2. The van der Waals surface area contributed by atoms with Gasteiger partial charge in [0, 0.05) is 17.0 Å². The van der Waals surface area contributed by atoms with Crippen LogP contribution < -0.4 is 5.32 Å². The van der Waals surface area contributed by atoms with E-state index in [9.17, 15) is 4.79 Å².